The third-order valence-corrected chi connectivity index (χ3v) is 2.81. The second-order valence-corrected chi connectivity index (χ2v) is 5.02. The van der Waals surface area contributed by atoms with Crippen molar-refractivity contribution in [1.29, 1.82) is 0 Å². The first-order chi connectivity index (χ1) is 9.45. The first-order valence-electron chi connectivity index (χ1n) is 6.83. The lowest BCUT2D eigenvalue weighted by Gasteiger charge is -2.12. The third-order valence-electron chi connectivity index (χ3n) is 2.81. The van der Waals surface area contributed by atoms with Crippen molar-refractivity contribution in [3.8, 4) is 0 Å². The molecular formula is C16H24N2O2. The fourth-order valence-electron chi connectivity index (χ4n) is 1.66. The molecule has 1 N–H and O–H groups in total. The van der Waals surface area contributed by atoms with E-state index in [-0.39, 0.29) is 11.9 Å². The summed E-state index contributed by atoms with van der Waals surface area (Å²) in [4.78, 5) is 6.40. The Kier molecular flexibility index (Phi) is 6.10. The van der Waals surface area contributed by atoms with Gasteiger partial charge in [-0.05, 0) is 24.6 Å². The highest BCUT2D eigenvalue weighted by Gasteiger charge is 2.09. The van der Waals surface area contributed by atoms with Crippen molar-refractivity contribution >= 4 is 11.9 Å². The molecule has 0 fully saturated rings. The van der Waals surface area contributed by atoms with Crippen LogP contribution in [0.5, 0.6) is 0 Å². The highest BCUT2D eigenvalue weighted by Crippen LogP contribution is 2.17. The summed E-state index contributed by atoms with van der Waals surface area (Å²) in [6, 6.07) is 8.05. The Balaban J connectivity index is 2.91. The Bertz CT molecular complexity index is 474. The van der Waals surface area contributed by atoms with Crippen molar-refractivity contribution in [2.24, 2.45) is 10.9 Å². The fourth-order valence-corrected chi connectivity index (χ4v) is 1.66. The molecule has 4 heteroatoms. The van der Waals surface area contributed by atoms with Crippen LogP contribution in [-0.2, 0) is 4.74 Å². The number of aliphatic hydroxyl groups is 1. The summed E-state index contributed by atoms with van der Waals surface area (Å²) in [5, 5.41) is 9.81. The number of rotatable bonds is 6. The maximum Gasteiger partial charge on any atom is 0.299 e. The fraction of sp³-hybridized carbons (Fsp3) is 0.438. The van der Waals surface area contributed by atoms with Crippen molar-refractivity contribution < 1.29 is 9.84 Å². The highest BCUT2D eigenvalue weighted by molar-refractivity contribution is 5.81. The van der Waals surface area contributed by atoms with E-state index in [1.165, 1.54) is 0 Å². The van der Waals surface area contributed by atoms with Gasteiger partial charge in [0.15, 0.2) is 0 Å². The van der Waals surface area contributed by atoms with E-state index in [2.05, 4.69) is 4.99 Å². The van der Waals surface area contributed by atoms with E-state index >= 15 is 0 Å². The van der Waals surface area contributed by atoms with E-state index in [0.29, 0.717) is 12.3 Å². The second-order valence-electron chi connectivity index (χ2n) is 5.02. The van der Waals surface area contributed by atoms with Crippen LogP contribution in [0.2, 0.25) is 0 Å². The van der Waals surface area contributed by atoms with Crippen LogP contribution in [0.25, 0.3) is 0 Å². The van der Waals surface area contributed by atoms with Gasteiger partial charge in [-0.25, -0.2) is 0 Å². The van der Waals surface area contributed by atoms with Crippen LogP contribution in [0.3, 0.4) is 0 Å². The van der Waals surface area contributed by atoms with Gasteiger partial charge in [-0.2, -0.15) is 0 Å². The monoisotopic (exact) mass is 276 g/mol. The zero-order valence-corrected chi connectivity index (χ0v) is 12.9. The Labute approximate surface area is 121 Å². The van der Waals surface area contributed by atoms with Gasteiger partial charge in [0.2, 0.25) is 0 Å². The molecule has 4 nitrogen and oxygen atoms in total. The van der Waals surface area contributed by atoms with Gasteiger partial charge in [0, 0.05) is 31.9 Å². The van der Waals surface area contributed by atoms with Gasteiger partial charge in [-0.3, -0.25) is 4.99 Å². The number of allylic oxidation sites excluding steroid dienone is 1. The minimum absolute atomic E-state index is 0.0938. The zero-order valence-electron chi connectivity index (χ0n) is 12.9. The smallest absolute Gasteiger partial charge is 0.299 e. The molecule has 0 amide bonds. The molecule has 0 atom stereocenters. The minimum Gasteiger partial charge on any atom is -0.480 e. The first kappa shape index (κ1) is 16.1. The van der Waals surface area contributed by atoms with E-state index in [0.717, 1.165) is 11.3 Å². The maximum absolute atomic E-state index is 9.81. The molecule has 0 aromatic heterocycles. The third kappa shape index (κ3) is 4.61. The molecule has 0 saturated heterocycles. The Morgan fingerprint density at radius 2 is 1.90 bits per heavy atom. The highest BCUT2D eigenvalue weighted by atomic mass is 16.6. The van der Waals surface area contributed by atoms with Crippen LogP contribution in [0.15, 0.2) is 40.9 Å². The number of hydrogen-bond acceptors (Lipinski definition) is 4. The quantitative estimate of drug-likeness (QED) is 0.638. The molecule has 1 aromatic carbocycles. The molecule has 0 spiro atoms. The minimum atomic E-state index is -0.0938. The van der Waals surface area contributed by atoms with Crippen LogP contribution < -0.4 is 4.90 Å². The van der Waals surface area contributed by atoms with Gasteiger partial charge in [-0.1, -0.05) is 26.0 Å². The van der Waals surface area contributed by atoms with Crippen LogP contribution in [-0.4, -0.2) is 32.0 Å². The number of benzene rings is 1. The molecule has 0 aliphatic rings. The lowest BCUT2D eigenvalue weighted by molar-refractivity contribution is 0.0948. The predicted octanol–water partition coefficient (Wildman–Crippen LogP) is 3.59. The molecule has 1 aromatic rings. The average molecular weight is 276 g/mol. The van der Waals surface area contributed by atoms with Crippen LogP contribution in [0, 0.1) is 5.92 Å². The first-order valence-corrected chi connectivity index (χ1v) is 6.83. The summed E-state index contributed by atoms with van der Waals surface area (Å²) in [6.07, 6.45) is 1.74. The largest absolute Gasteiger partial charge is 0.480 e. The number of ether oxygens (including phenoxy) is 1. The topological polar surface area (TPSA) is 45.1 Å². The van der Waals surface area contributed by atoms with Crippen LogP contribution in [0.1, 0.15) is 26.3 Å². The number of aliphatic hydroxyl groups excluding tert-OH is 1. The van der Waals surface area contributed by atoms with Crippen molar-refractivity contribution in [2.45, 2.75) is 20.8 Å². The maximum atomic E-state index is 9.81. The molecular weight excluding hydrogens is 252 g/mol. The number of nitrogens with zero attached hydrogens (tertiary/aromatic N) is 2. The normalized spacial score (nSPS) is 12.7. The number of hydrogen-bond donors (Lipinski definition) is 1. The van der Waals surface area contributed by atoms with Gasteiger partial charge < -0.3 is 14.7 Å². The summed E-state index contributed by atoms with van der Waals surface area (Å²) >= 11 is 0. The van der Waals surface area contributed by atoms with Crippen molar-refractivity contribution in [1.82, 2.24) is 0 Å². The number of aliphatic imine (C=N–C) groups is 1. The molecule has 0 aliphatic carbocycles. The lowest BCUT2D eigenvalue weighted by atomic mass is 10.1. The van der Waals surface area contributed by atoms with Gasteiger partial charge in [-0.15, -0.1) is 0 Å². The van der Waals surface area contributed by atoms with E-state index < -0.39 is 0 Å². The summed E-state index contributed by atoms with van der Waals surface area (Å²) in [7, 11) is 4.01. The van der Waals surface area contributed by atoms with Gasteiger partial charge >= 0.3 is 0 Å². The van der Waals surface area contributed by atoms with Crippen molar-refractivity contribution in [3.05, 3.63) is 41.5 Å². The molecule has 0 bridgehead atoms. The molecule has 1 rings (SSSR count). The van der Waals surface area contributed by atoms with Gasteiger partial charge in [0.25, 0.3) is 5.95 Å². The van der Waals surface area contributed by atoms with E-state index in [1.54, 1.807) is 6.21 Å². The molecule has 0 unspecified atom stereocenters. The van der Waals surface area contributed by atoms with E-state index in [9.17, 15) is 5.11 Å². The summed E-state index contributed by atoms with van der Waals surface area (Å²) in [5.41, 5.74) is 2.68. The van der Waals surface area contributed by atoms with Gasteiger partial charge in [0.1, 0.15) is 5.70 Å². The summed E-state index contributed by atoms with van der Waals surface area (Å²) in [5.74, 6) is 0.00232. The van der Waals surface area contributed by atoms with Crippen molar-refractivity contribution in [2.75, 3.05) is 25.6 Å². The van der Waals surface area contributed by atoms with Gasteiger partial charge in [0.05, 0.1) is 6.61 Å². The SMILES string of the molecule is CCO/C(O)=C(/N=Cc1ccc(N(C)C)cc1)C(C)C. The Morgan fingerprint density at radius 1 is 1.30 bits per heavy atom. The molecule has 0 heterocycles. The Morgan fingerprint density at radius 3 is 2.35 bits per heavy atom. The van der Waals surface area contributed by atoms with E-state index in [4.69, 9.17) is 4.74 Å². The number of anilines is 1. The molecule has 0 saturated carbocycles. The van der Waals surface area contributed by atoms with Crippen LogP contribution in [0.4, 0.5) is 5.69 Å². The predicted molar refractivity (Wildman–Crippen MR) is 84.5 cm³/mol. The van der Waals surface area contributed by atoms with E-state index in [1.807, 2.05) is 64.0 Å². The summed E-state index contributed by atoms with van der Waals surface area (Å²) in [6.45, 7) is 6.20. The molecule has 20 heavy (non-hydrogen) atoms. The standard InChI is InChI=1S/C16H24N2O2/c1-6-20-16(19)15(12(2)3)17-11-13-7-9-14(10-8-13)18(4)5/h7-12,19H,6H2,1-5H3/b16-15+,17-11?. The Hall–Kier alpha value is -1.97. The second kappa shape index (κ2) is 7.58. The molecule has 110 valence electrons. The van der Waals surface area contributed by atoms with Crippen molar-refractivity contribution in [3.63, 3.8) is 0 Å². The van der Waals surface area contributed by atoms with Crippen LogP contribution >= 0.6 is 0 Å². The summed E-state index contributed by atoms with van der Waals surface area (Å²) < 4.78 is 5.12. The molecule has 0 aliphatic heterocycles. The lowest BCUT2D eigenvalue weighted by Crippen LogP contribution is -2.08. The zero-order chi connectivity index (χ0) is 15.1. The molecule has 0 radical (unpaired) electrons. The average Bonchev–Trinajstić information content (AvgIpc) is 2.39.